The van der Waals surface area contributed by atoms with E-state index in [2.05, 4.69) is 12.2 Å². The second-order valence-corrected chi connectivity index (χ2v) is 5.96. The van der Waals surface area contributed by atoms with Gasteiger partial charge in [0.2, 0.25) is 0 Å². The van der Waals surface area contributed by atoms with E-state index in [1.807, 2.05) is 24.3 Å². The molecule has 3 heteroatoms. The summed E-state index contributed by atoms with van der Waals surface area (Å²) in [6, 6.07) is 7.73. The van der Waals surface area contributed by atoms with Gasteiger partial charge in [-0.15, -0.1) is 0 Å². The van der Waals surface area contributed by atoms with Crippen LogP contribution in [0, 0.1) is 17.8 Å². The van der Waals surface area contributed by atoms with Gasteiger partial charge in [-0.1, -0.05) is 24.3 Å². The fourth-order valence-corrected chi connectivity index (χ4v) is 3.71. The van der Waals surface area contributed by atoms with Crippen LogP contribution in [0.5, 0.6) is 5.75 Å². The zero-order valence-corrected chi connectivity index (χ0v) is 12.4. The predicted octanol–water partition coefficient (Wildman–Crippen LogP) is 3.77. The molecular weight excluding hydrogens is 264 g/mol. The highest BCUT2D eigenvalue weighted by Crippen LogP contribution is 2.50. The van der Waals surface area contributed by atoms with Gasteiger partial charge in [-0.05, 0) is 60.8 Å². The third kappa shape index (κ3) is 2.48. The van der Waals surface area contributed by atoms with Crippen LogP contribution in [0.2, 0.25) is 0 Å². The molecule has 21 heavy (non-hydrogen) atoms. The summed E-state index contributed by atoms with van der Waals surface area (Å²) in [4.78, 5) is 11.5. The number of aliphatic carboxylic acids is 1. The second-order valence-electron chi connectivity index (χ2n) is 5.96. The van der Waals surface area contributed by atoms with Gasteiger partial charge in [0.15, 0.2) is 0 Å². The molecule has 0 saturated heterocycles. The van der Waals surface area contributed by atoms with Crippen molar-refractivity contribution in [3.8, 4) is 5.75 Å². The minimum absolute atomic E-state index is 0.324. The second kappa shape index (κ2) is 5.40. The highest BCUT2D eigenvalue weighted by molar-refractivity contribution is 5.96. The van der Waals surface area contributed by atoms with Crippen LogP contribution in [-0.4, -0.2) is 18.2 Å². The van der Waals surface area contributed by atoms with Crippen LogP contribution in [-0.2, 0) is 4.79 Å². The van der Waals surface area contributed by atoms with Crippen molar-refractivity contribution in [1.82, 2.24) is 0 Å². The maximum atomic E-state index is 11.5. The number of fused-ring (bicyclic) bond motifs is 2. The quantitative estimate of drug-likeness (QED) is 0.676. The van der Waals surface area contributed by atoms with Crippen molar-refractivity contribution in [2.45, 2.75) is 19.8 Å². The van der Waals surface area contributed by atoms with Crippen LogP contribution in [0.1, 0.15) is 25.3 Å². The molecule has 1 saturated carbocycles. The average Bonchev–Trinajstić information content (AvgIpc) is 3.11. The Morgan fingerprint density at radius 2 is 1.90 bits per heavy atom. The standard InChI is InChI=1S/C18H20O3/c1-11(18(19)20)17(13-5-7-15(21-2)8-6-13)16-10-12-3-4-14(16)9-12/h3-8,12,14,16H,9-10H2,1-2H3,(H,19,20). The number of benzene rings is 1. The average molecular weight is 284 g/mol. The number of carboxylic acids is 1. The molecule has 2 aliphatic rings. The summed E-state index contributed by atoms with van der Waals surface area (Å²) in [5.41, 5.74) is 2.45. The molecule has 1 N–H and O–H groups in total. The smallest absolute Gasteiger partial charge is 0.331 e. The minimum atomic E-state index is -0.826. The molecule has 1 fully saturated rings. The number of hydrogen-bond acceptors (Lipinski definition) is 2. The number of allylic oxidation sites excluding steroid dienone is 3. The van der Waals surface area contributed by atoms with Crippen LogP contribution >= 0.6 is 0 Å². The monoisotopic (exact) mass is 284 g/mol. The normalized spacial score (nSPS) is 27.6. The molecule has 2 bridgehead atoms. The Morgan fingerprint density at radius 3 is 2.38 bits per heavy atom. The van der Waals surface area contributed by atoms with Crippen LogP contribution < -0.4 is 4.74 Å². The first-order chi connectivity index (χ1) is 10.1. The van der Waals surface area contributed by atoms with Gasteiger partial charge < -0.3 is 9.84 Å². The summed E-state index contributed by atoms with van der Waals surface area (Å²) in [5, 5.41) is 9.44. The van der Waals surface area contributed by atoms with Crippen LogP contribution in [0.15, 0.2) is 42.0 Å². The van der Waals surface area contributed by atoms with Gasteiger partial charge in [-0.3, -0.25) is 0 Å². The van der Waals surface area contributed by atoms with E-state index in [4.69, 9.17) is 4.74 Å². The van der Waals surface area contributed by atoms with Gasteiger partial charge in [0.1, 0.15) is 5.75 Å². The van der Waals surface area contributed by atoms with Gasteiger partial charge in [0.05, 0.1) is 7.11 Å². The van der Waals surface area contributed by atoms with E-state index in [1.165, 1.54) is 0 Å². The molecule has 1 aromatic rings. The SMILES string of the molecule is COc1ccc(C(=C(C)C(=O)O)C2CC3C=CC2C3)cc1. The van der Waals surface area contributed by atoms with Crippen molar-refractivity contribution in [1.29, 1.82) is 0 Å². The van der Waals surface area contributed by atoms with Crippen molar-refractivity contribution in [3.05, 3.63) is 47.6 Å². The van der Waals surface area contributed by atoms with Crippen molar-refractivity contribution in [2.75, 3.05) is 7.11 Å². The first-order valence-electron chi connectivity index (χ1n) is 7.37. The van der Waals surface area contributed by atoms with E-state index in [0.717, 1.165) is 29.7 Å². The molecule has 0 aliphatic heterocycles. The molecule has 3 atom stereocenters. The Labute approximate surface area is 124 Å². The fraction of sp³-hybridized carbons (Fsp3) is 0.389. The minimum Gasteiger partial charge on any atom is -0.497 e. The molecular formula is C18H20O3. The largest absolute Gasteiger partial charge is 0.497 e. The lowest BCUT2D eigenvalue weighted by Crippen LogP contribution is -2.14. The molecule has 0 heterocycles. The van der Waals surface area contributed by atoms with E-state index in [9.17, 15) is 9.90 Å². The Balaban J connectivity index is 2.02. The van der Waals surface area contributed by atoms with Crippen molar-refractivity contribution >= 4 is 11.5 Å². The topological polar surface area (TPSA) is 46.5 Å². The van der Waals surface area contributed by atoms with Crippen molar-refractivity contribution in [2.24, 2.45) is 17.8 Å². The zero-order chi connectivity index (χ0) is 15.0. The Bertz CT molecular complexity index is 610. The van der Waals surface area contributed by atoms with Gasteiger partial charge in [0.25, 0.3) is 0 Å². The number of hydrogen-bond donors (Lipinski definition) is 1. The Hall–Kier alpha value is -2.03. The zero-order valence-electron chi connectivity index (χ0n) is 12.4. The fourth-order valence-electron chi connectivity index (χ4n) is 3.71. The maximum Gasteiger partial charge on any atom is 0.331 e. The van der Waals surface area contributed by atoms with Gasteiger partial charge in [-0.25, -0.2) is 4.79 Å². The number of rotatable bonds is 4. The van der Waals surface area contributed by atoms with Crippen LogP contribution in [0.25, 0.3) is 5.57 Å². The highest BCUT2D eigenvalue weighted by Gasteiger charge is 2.39. The van der Waals surface area contributed by atoms with E-state index >= 15 is 0 Å². The lowest BCUT2D eigenvalue weighted by atomic mass is 9.80. The molecule has 3 unspecified atom stereocenters. The van der Waals surface area contributed by atoms with E-state index in [0.29, 0.717) is 23.3 Å². The van der Waals surface area contributed by atoms with Crippen molar-refractivity contribution < 1.29 is 14.6 Å². The summed E-state index contributed by atoms with van der Waals surface area (Å²) in [6.07, 6.45) is 6.77. The van der Waals surface area contributed by atoms with Crippen molar-refractivity contribution in [3.63, 3.8) is 0 Å². The van der Waals surface area contributed by atoms with E-state index < -0.39 is 5.97 Å². The maximum absolute atomic E-state index is 11.5. The molecule has 0 amide bonds. The van der Waals surface area contributed by atoms with Gasteiger partial charge >= 0.3 is 5.97 Å². The third-order valence-electron chi connectivity index (χ3n) is 4.78. The molecule has 0 spiro atoms. The van der Waals surface area contributed by atoms with Gasteiger partial charge in [0, 0.05) is 5.57 Å². The lowest BCUT2D eigenvalue weighted by Gasteiger charge is -2.24. The Morgan fingerprint density at radius 1 is 1.19 bits per heavy atom. The molecule has 3 rings (SSSR count). The number of carbonyl (C=O) groups is 1. The summed E-state index contributed by atoms with van der Waals surface area (Å²) >= 11 is 0. The summed E-state index contributed by atoms with van der Waals surface area (Å²) in [6.45, 7) is 1.72. The lowest BCUT2D eigenvalue weighted by molar-refractivity contribution is -0.132. The Kier molecular flexibility index (Phi) is 3.58. The summed E-state index contributed by atoms with van der Waals surface area (Å²) in [7, 11) is 1.63. The van der Waals surface area contributed by atoms with Crippen LogP contribution in [0.3, 0.4) is 0 Å². The molecule has 3 nitrogen and oxygen atoms in total. The molecule has 1 aromatic carbocycles. The highest BCUT2D eigenvalue weighted by atomic mass is 16.5. The number of ether oxygens (including phenoxy) is 1. The number of methoxy groups -OCH3 is 1. The third-order valence-corrected chi connectivity index (χ3v) is 4.78. The predicted molar refractivity (Wildman–Crippen MR) is 82.1 cm³/mol. The van der Waals surface area contributed by atoms with E-state index in [-0.39, 0.29) is 0 Å². The summed E-state index contributed by atoms with van der Waals surface area (Å²) in [5.74, 6) is 1.40. The molecule has 0 aromatic heterocycles. The molecule has 0 radical (unpaired) electrons. The van der Waals surface area contributed by atoms with Crippen LogP contribution in [0.4, 0.5) is 0 Å². The molecule has 2 aliphatic carbocycles. The summed E-state index contributed by atoms with van der Waals surface area (Å²) < 4.78 is 5.19. The van der Waals surface area contributed by atoms with E-state index in [1.54, 1.807) is 14.0 Å². The number of carboxylic acid groups (broad SMARTS) is 1. The van der Waals surface area contributed by atoms with Gasteiger partial charge in [-0.2, -0.15) is 0 Å². The molecule has 110 valence electrons. The first kappa shape index (κ1) is 13.9. The first-order valence-corrected chi connectivity index (χ1v) is 7.37.